The normalized spacial score (nSPS) is 28.8. The highest BCUT2D eigenvalue weighted by Crippen LogP contribution is 2.62. The third kappa shape index (κ3) is 4.85. The Morgan fingerprint density at radius 1 is 0.396 bits per heavy atom. The van der Waals surface area contributed by atoms with Crippen molar-refractivity contribution in [2.75, 3.05) is 0 Å². The van der Waals surface area contributed by atoms with Gasteiger partial charge in [0.2, 0.25) is 0 Å². The highest BCUT2D eigenvalue weighted by atomic mass is 14.5. The van der Waals surface area contributed by atoms with Crippen molar-refractivity contribution in [3.63, 3.8) is 0 Å². The second-order valence-corrected chi connectivity index (χ2v) is 20.2. The van der Waals surface area contributed by atoms with E-state index in [0.717, 1.165) is 0 Å². The summed E-state index contributed by atoms with van der Waals surface area (Å²) in [6, 6.07) is 0. The minimum Gasteiger partial charge on any atom is -0.0839 e. The molecule has 278 valence electrons. The molecular formula is C53H66. The first-order valence-electron chi connectivity index (χ1n) is 21.8. The summed E-state index contributed by atoms with van der Waals surface area (Å²) in [5.74, 6) is 0. The van der Waals surface area contributed by atoms with Crippen LogP contribution in [0.5, 0.6) is 0 Å². The second-order valence-electron chi connectivity index (χ2n) is 20.2. The zero-order valence-electron chi connectivity index (χ0n) is 35.0. The molecule has 9 rings (SSSR count). The Morgan fingerprint density at radius 2 is 0.660 bits per heavy atom. The lowest BCUT2D eigenvalue weighted by Gasteiger charge is -2.40. The molecule has 0 fully saturated rings. The van der Waals surface area contributed by atoms with Gasteiger partial charge < -0.3 is 0 Å². The SMILES string of the molecule is CCC(C)(C1=CC2=C(CC1)C1=C(C=CCC1)C2(C)C)C1=CC2=C(CC1)C1=C(C=C(C(C)(CC)C3=CC4=C(CC3)C3=C(C=CCC3)C4(C)C)CC1)C2(C)C. The first kappa shape index (κ1) is 35.6. The van der Waals surface area contributed by atoms with Gasteiger partial charge in [0.25, 0.3) is 0 Å². The van der Waals surface area contributed by atoms with Gasteiger partial charge >= 0.3 is 0 Å². The van der Waals surface area contributed by atoms with Crippen LogP contribution < -0.4 is 0 Å². The van der Waals surface area contributed by atoms with E-state index >= 15 is 0 Å². The quantitative estimate of drug-likeness (QED) is 0.258. The Bertz CT molecular complexity index is 1960. The van der Waals surface area contributed by atoms with Crippen molar-refractivity contribution in [1.82, 2.24) is 0 Å². The van der Waals surface area contributed by atoms with Crippen molar-refractivity contribution in [3.05, 3.63) is 138 Å². The van der Waals surface area contributed by atoms with Gasteiger partial charge in [-0.15, -0.1) is 0 Å². The Hall–Kier alpha value is -3.12. The molecule has 0 heteroatoms. The van der Waals surface area contributed by atoms with Crippen molar-refractivity contribution in [1.29, 1.82) is 0 Å². The Labute approximate surface area is 322 Å². The summed E-state index contributed by atoms with van der Waals surface area (Å²) in [6.07, 6.45) is 37.6. The van der Waals surface area contributed by atoms with E-state index in [4.69, 9.17) is 0 Å². The lowest BCUT2D eigenvalue weighted by Crippen LogP contribution is -2.27. The van der Waals surface area contributed by atoms with Crippen LogP contribution in [-0.2, 0) is 0 Å². The molecule has 9 aliphatic carbocycles. The Morgan fingerprint density at radius 3 is 0.943 bits per heavy atom. The average molecular weight is 703 g/mol. The summed E-state index contributed by atoms with van der Waals surface area (Å²) in [4.78, 5) is 0. The number of fused-ring (bicyclic) bond motifs is 3. The van der Waals surface area contributed by atoms with E-state index in [1.54, 1.807) is 89.2 Å². The van der Waals surface area contributed by atoms with Gasteiger partial charge in [-0.05, 0) is 157 Å². The van der Waals surface area contributed by atoms with Crippen molar-refractivity contribution in [2.24, 2.45) is 27.1 Å². The second kappa shape index (κ2) is 11.9. The molecule has 2 unspecified atom stereocenters. The summed E-state index contributed by atoms with van der Waals surface area (Å²) in [7, 11) is 0. The molecule has 9 aliphatic rings. The van der Waals surface area contributed by atoms with Gasteiger partial charge in [-0.2, -0.15) is 0 Å². The van der Waals surface area contributed by atoms with E-state index in [-0.39, 0.29) is 27.1 Å². The Balaban J connectivity index is 1.03. The van der Waals surface area contributed by atoms with Crippen LogP contribution in [-0.4, -0.2) is 0 Å². The fourth-order valence-corrected chi connectivity index (χ4v) is 13.0. The van der Waals surface area contributed by atoms with E-state index in [0.29, 0.717) is 0 Å². The molecule has 0 aromatic rings. The van der Waals surface area contributed by atoms with E-state index in [1.165, 1.54) is 89.9 Å². The third-order valence-corrected chi connectivity index (χ3v) is 16.9. The Kier molecular flexibility index (Phi) is 8.01. The number of hydrogen-bond donors (Lipinski definition) is 0. The van der Waals surface area contributed by atoms with Crippen LogP contribution in [0.2, 0.25) is 0 Å². The van der Waals surface area contributed by atoms with Gasteiger partial charge in [0.05, 0.1) is 0 Å². The minimum absolute atomic E-state index is 0.0457. The van der Waals surface area contributed by atoms with Crippen molar-refractivity contribution in [2.45, 2.75) is 159 Å². The molecule has 0 saturated carbocycles. The lowest BCUT2D eigenvalue weighted by atomic mass is 9.64. The third-order valence-electron chi connectivity index (χ3n) is 16.9. The lowest BCUT2D eigenvalue weighted by molar-refractivity contribution is 0.417. The van der Waals surface area contributed by atoms with Gasteiger partial charge in [-0.25, -0.2) is 0 Å². The van der Waals surface area contributed by atoms with E-state index in [2.05, 4.69) is 118 Å². The van der Waals surface area contributed by atoms with E-state index < -0.39 is 0 Å². The molecule has 0 saturated heterocycles. The minimum atomic E-state index is 0.0457. The van der Waals surface area contributed by atoms with Crippen LogP contribution in [0.25, 0.3) is 0 Å². The highest BCUT2D eigenvalue weighted by Gasteiger charge is 2.47. The van der Waals surface area contributed by atoms with Crippen molar-refractivity contribution in [3.8, 4) is 0 Å². The van der Waals surface area contributed by atoms with Gasteiger partial charge in [-0.1, -0.05) is 140 Å². The topological polar surface area (TPSA) is 0 Å². The summed E-state index contributed by atoms with van der Waals surface area (Å²) in [6.45, 7) is 25.2. The maximum atomic E-state index is 2.74. The zero-order valence-corrected chi connectivity index (χ0v) is 35.0. The largest absolute Gasteiger partial charge is 0.0839 e. The number of rotatable bonds is 6. The van der Waals surface area contributed by atoms with Crippen LogP contribution in [0.1, 0.15) is 159 Å². The van der Waals surface area contributed by atoms with Crippen LogP contribution in [0.3, 0.4) is 0 Å². The highest BCUT2D eigenvalue weighted by molar-refractivity contribution is 5.67. The van der Waals surface area contributed by atoms with Crippen LogP contribution in [0.4, 0.5) is 0 Å². The molecule has 0 amide bonds. The molecule has 0 bridgehead atoms. The van der Waals surface area contributed by atoms with Crippen LogP contribution in [0.15, 0.2) is 138 Å². The molecular weight excluding hydrogens is 637 g/mol. The van der Waals surface area contributed by atoms with E-state index in [9.17, 15) is 0 Å². The van der Waals surface area contributed by atoms with Gasteiger partial charge in [-0.3, -0.25) is 0 Å². The first-order chi connectivity index (χ1) is 25.2. The maximum absolute atomic E-state index is 2.74. The molecule has 0 aromatic heterocycles. The van der Waals surface area contributed by atoms with E-state index in [1.807, 2.05) is 0 Å². The maximum Gasteiger partial charge on any atom is 0.0152 e. The molecule has 0 heterocycles. The smallest absolute Gasteiger partial charge is 0.0152 e. The molecule has 0 N–H and O–H groups in total. The first-order valence-corrected chi connectivity index (χ1v) is 21.8. The molecule has 0 radical (unpaired) electrons. The van der Waals surface area contributed by atoms with Gasteiger partial charge in [0.15, 0.2) is 0 Å². The molecule has 0 spiro atoms. The number of hydrogen-bond acceptors (Lipinski definition) is 0. The summed E-state index contributed by atoms with van der Waals surface area (Å²) >= 11 is 0. The number of allylic oxidation sites excluding steroid dienone is 24. The summed E-state index contributed by atoms with van der Waals surface area (Å²) < 4.78 is 0. The standard InChI is InChI=1S/C53H66/c1-11-52(9,33-21-25-39-37-17-13-15-19-43(37)49(3,4)45(39)29-33)35-23-27-41-42-28-24-36(32-48(42)51(7,8)47(41)31-35)53(10,12-2)34-22-26-40-38-18-14-16-20-44(38)50(5,6)46(40)30-34/h15-16,19-20,29-32H,11-14,17-18,21-28H2,1-10H3. The van der Waals surface area contributed by atoms with Crippen molar-refractivity contribution < 1.29 is 0 Å². The van der Waals surface area contributed by atoms with Crippen LogP contribution >= 0.6 is 0 Å². The average Bonchev–Trinajstić information content (AvgIpc) is 3.66. The molecule has 0 aliphatic heterocycles. The fourth-order valence-electron chi connectivity index (χ4n) is 13.0. The molecule has 0 aromatic carbocycles. The predicted molar refractivity (Wildman–Crippen MR) is 226 cm³/mol. The zero-order chi connectivity index (χ0) is 37.3. The van der Waals surface area contributed by atoms with Gasteiger partial charge in [0, 0.05) is 27.1 Å². The van der Waals surface area contributed by atoms with Crippen molar-refractivity contribution >= 4 is 0 Å². The summed E-state index contributed by atoms with van der Waals surface area (Å²) in [5.41, 5.74) is 27.2. The van der Waals surface area contributed by atoms with Crippen LogP contribution in [0, 0.1) is 27.1 Å². The van der Waals surface area contributed by atoms with Gasteiger partial charge in [0.1, 0.15) is 0 Å². The molecule has 0 nitrogen and oxygen atoms in total. The predicted octanol–water partition coefficient (Wildman–Crippen LogP) is 15.3. The molecule has 2 atom stereocenters. The summed E-state index contributed by atoms with van der Waals surface area (Å²) in [5, 5.41) is 0. The molecule has 53 heavy (non-hydrogen) atoms. The fraction of sp³-hybridized carbons (Fsp3) is 0.547. The monoisotopic (exact) mass is 703 g/mol.